The quantitative estimate of drug-likeness (QED) is 0.598. The monoisotopic (exact) mass is 300 g/mol. The van der Waals surface area contributed by atoms with E-state index in [1.807, 2.05) is 6.07 Å². The molecule has 1 aromatic rings. The summed E-state index contributed by atoms with van der Waals surface area (Å²) < 4.78 is 10.8. The van der Waals surface area contributed by atoms with Crippen molar-refractivity contribution in [2.24, 2.45) is 0 Å². The van der Waals surface area contributed by atoms with E-state index in [1.165, 1.54) is 0 Å². The lowest BCUT2D eigenvalue weighted by Gasteiger charge is -2.05. The minimum Gasteiger partial charge on any atom is -0.486 e. The molecule has 0 N–H and O–H groups in total. The third-order valence-electron chi connectivity index (χ3n) is 1.84. The lowest BCUT2D eigenvalue weighted by Crippen LogP contribution is -2.17. The van der Waals surface area contributed by atoms with E-state index < -0.39 is 5.97 Å². The van der Waals surface area contributed by atoms with Gasteiger partial charge in [-0.15, -0.1) is 0 Å². The minimum absolute atomic E-state index is 0.130. The van der Waals surface area contributed by atoms with Crippen LogP contribution in [-0.4, -0.2) is 25.0 Å². The predicted molar refractivity (Wildman–Crippen MR) is 65.9 cm³/mol. The number of ketones is 1. The summed E-state index contributed by atoms with van der Waals surface area (Å²) in [4.78, 5) is 22.4. The third kappa shape index (κ3) is 5.49. The SMILES string of the molecule is CCOC(=O)CC(=O)COc1cccc(Br)c1. The second-order valence-corrected chi connectivity index (χ2v) is 4.18. The van der Waals surface area contributed by atoms with Crippen molar-refractivity contribution in [3.8, 4) is 5.75 Å². The molecule has 0 saturated heterocycles. The molecule has 0 bridgehead atoms. The molecule has 0 unspecified atom stereocenters. The van der Waals surface area contributed by atoms with Crippen LogP contribution in [0.5, 0.6) is 5.75 Å². The highest BCUT2D eigenvalue weighted by atomic mass is 79.9. The molecular weight excluding hydrogens is 288 g/mol. The van der Waals surface area contributed by atoms with Crippen molar-refractivity contribution in [2.45, 2.75) is 13.3 Å². The van der Waals surface area contributed by atoms with E-state index in [1.54, 1.807) is 25.1 Å². The van der Waals surface area contributed by atoms with E-state index in [0.29, 0.717) is 5.75 Å². The van der Waals surface area contributed by atoms with Crippen LogP contribution in [0.2, 0.25) is 0 Å². The number of halogens is 1. The van der Waals surface area contributed by atoms with Crippen molar-refractivity contribution in [3.63, 3.8) is 0 Å². The third-order valence-corrected chi connectivity index (χ3v) is 2.34. The second-order valence-electron chi connectivity index (χ2n) is 3.27. The maximum absolute atomic E-state index is 11.3. The molecule has 0 aliphatic heterocycles. The summed E-state index contributed by atoms with van der Waals surface area (Å²) in [6.45, 7) is 1.84. The summed E-state index contributed by atoms with van der Waals surface area (Å²) in [7, 11) is 0. The maximum atomic E-state index is 11.3. The Kier molecular flexibility index (Phi) is 5.69. The lowest BCUT2D eigenvalue weighted by molar-refractivity contribution is -0.145. The fourth-order valence-electron chi connectivity index (χ4n) is 1.14. The molecule has 0 radical (unpaired) electrons. The van der Waals surface area contributed by atoms with Gasteiger partial charge in [0.15, 0.2) is 5.78 Å². The minimum atomic E-state index is -0.518. The number of Topliss-reactive ketones (excluding diaryl/α,β-unsaturated/α-hetero) is 1. The fourth-order valence-corrected chi connectivity index (χ4v) is 1.52. The Labute approximate surface area is 108 Å². The first-order valence-corrected chi connectivity index (χ1v) is 5.96. The summed E-state index contributed by atoms with van der Waals surface area (Å²) in [6, 6.07) is 7.14. The van der Waals surface area contributed by atoms with Crippen molar-refractivity contribution < 1.29 is 19.1 Å². The van der Waals surface area contributed by atoms with Crippen molar-refractivity contribution in [1.82, 2.24) is 0 Å². The highest BCUT2D eigenvalue weighted by Gasteiger charge is 2.10. The van der Waals surface area contributed by atoms with Crippen LogP contribution in [0.4, 0.5) is 0 Å². The van der Waals surface area contributed by atoms with E-state index in [0.717, 1.165) is 4.47 Å². The summed E-state index contributed by atoms with van der Waals surface area (Å²) in [5.41, 5.74) is 0. The number of hydrogen-bond donors (Lipinski definition) is 0. The van der Waals surface area contributed by atoms with Gasteiger partial charge < -0.3 is 9.47 Å². The summed E-state index contributed by atoms with van der Waals surface area (Å²) in [6.07, 6.45) is -0.248. The zero-order valence-corrected chi connectivity index (χ0v) is 11.0. The largest absolute Gasteiger partial charge is 0.486 e. The Bertz CT molecular complexity index is 403. The number of esters is 1. The van der Waals surface area contributed by atoms with Crippen LogP contribution in [0.1, 0.15) is 13.3 Å². The van der Waals surface area contributed by atoms with Crippen LogP contribution >= 0.6 is 15.9 Å². The molecule has 92 valence electrons. The topological polar surface area (TPSA) is 52.6 Å². The Morgan fingerprint density at radius 2 is 2.12 bits per heavy atom. The van der Waals surface area contributed by atoms with Gasteiger partial charge in [0.1, 0.15) is 18.8 Å². The first-order valence-electron chi connectivity index (χ1n) is 5.17. The standard InChI is InChI=1S/C12H13BrO4/c1-2-16-12(15)7-10(14)8-17-11-5-3-4-9(13)6-11/h3-6H,2,7-8H2,1H3. The van der Waals surface area contributed by atoms with E-state index in [9.17, 15) is 9.59 Å². The molecule has 4 nitrogen and oxygen atoms in total. The zero-order valence-electron chi connectivity index (χ0n) is 9.44. The highest BCUT2D eigenvalue weighted by molar-refractivity contribution is 9.10. The number of rotatable bonds is 6. The van der Waals surface area contributed by atoms with Gasteiger partial charge in [0.25, 0.3) is 0 Å². The van der Waals surface area contributed by atoms with Crippen LogP contribution in [0.15, 0.2) is 28.7 Å². The molecule has 5 heteroatoms. The Morgan fingerprint density at radius 3 is 2.76 bits per heavy atom. The molecule has 0 amide bonds. The predicted octanol–water partition coefficient (Wildman–Crippen LogP) is 2.35. The molecule has 0 atom stereocenters. The van der Waals surface area contributed by atoms with Crippen LogP contribution in [-0.2, 0) is 14.3 Å². The summed E-state index contributed by atoms with van der Waals surface area (Å²) in [5.74, 6) is -0.240. The van der Waals surface area contributed by atoms with Gasteiger partial charge in [-0.05, 0) is 25.1 Å². The van der Waals surface area contributed by atoms with Gasteiger partial charge in [-0.1, -0.05) is 22.0 Å². The molecular formula is C12H13BrO4. The molecule has 0 spiro atoms. The maximum Gasteiger partial charge on any atom is 0.313 e. The molecule has 0 heterocycles. The van der Waals surface area contributed by atoms with Crippen LogP contribution in [0, 0.1) is 0 Å². The van der Waals surface area contributed by atoms with E-state index >= 15 is 0 Å². The average molecular weight is 301 g/mol. The highest BCUT2D eigenvalue weighted by Crippen LogP contribution is 2.17. The van der Waals surface area contributed by atoms with Gasteiger partial charge >= 0.3 is 5.97 Å². The molecule has 0 aromatic heterocycles. The molecule has 0 aliphatic carbocycles. The molecule has 0 fully saturated rings. The van der Waals surface area contributed by atoms with Gasteiger partial charge in [0.2, 0.25) is 0 Å². The number of benzene rings is 1. The molecule has 1 rings (SSSR count). The Morgan fingerprint density at radius 1 is 1.35 bits per heavy atom. The van der Waals surface area contributed by atoms with Crippen molar-refractivity contribution in [2.75, 3.05) is 13.2 Å². The van der Waals surface area contributed by atoms with Crippen molar-refractivity contribution in [3.05, 3.63) is 28.7 Å². The van der Waals surface area contributed by atoms with E-state index in [-0.39, 0.29) is 25.4 Å². The summed E-state index contributed by atoms with van der Waals surface area (Å²) in [5, 5.41) is 0. The molecule has 17 heavy (non-hydrogen) atoms. The smallest absolute Gasteiger partial charge is 0.313 e. The number of ether oxygens (including phenoxy) is 2. The summed E-state index contributed by atoms with van der Waals surface area (Å²) >= 11 is 3.29. The van der Waals surface area contributed by atoms with E-state index in [4.69, 9.17) is 4.74 Å². The second kappa shape index (κ2) is 7.06. The normalized spacial score (nSPS) is 9.76. The van der Waals surface area contributed by atoms with Crippen molar-refractivity contribution >= 4 is 27.7 Å². The van der Waals surface area contributed by atoms with Gasteiger partial charge in [-0.3, -0.25) is 9.59 Å². The Balaban J connectivity index is 2.35. The first-order chi connectivity index (χ1) is 8.11. The van der Waals surface area contributed by atoms with E-state index in [2.05, 4.69) is 20.7 Å². The molecule has 0 aliphatic rings. The van der Waals surface area contributed by atoms with Gasteiger partial charge in [-0.2, -0.15) is 0 Å². The van der Waals surface area contributed by atoms with Crippen LogP contribution < -0.4 is 4.74 Å². The fraction of sp³-hybridized carbons (Fsp3) is 0.333. The lowest BCUT2D eigenvalue weighted by atomic mass is 10.3. The van der Waals surface area contributed by atoms with Crippen LogP contribution in [0.25, 0.3) is 0 Å². The number of carbonyl (C=O) groups is 2. The number of carbonyl (C=O) groups excluding carboxylic acids is 2. The first kappa shape index (κ1) is 13.7. The van der Waals surface area contributed by atoms with Gasteiger partial charge in [-0.25, -0.2) is 0 Å². The van der Waals surface area contributed by atoms with Gasteiger partial charge in [0.05, 0.1) is 6.61 Å². The zero-order chi connectivity index (χ0) is 12.7. The van der Waals surface area contributed by atoms with Gasteiger partial charge in [0, 0.05) is 4.47 Å². The Hall–Kier alpha value is -1.36. The van der Waals surface area contributed by atoms with Crippen LogP contribution in [0.3, 0.4) is 0 Å². The van der Waals surface area contributed by atoms with Crippen molar-refractivity contribution in [1.29, 1.82) is 0 Å². The average Bonchev–Trinajstić information content (AvgIpc) is 2.27. The molecule has 1 aromatic carbocycles. The molecule has 0 saturated carbocycles. The number of hydrogen-bond acceptors (Lipinski definition) is 4.